The molecule has 1 heterocycles. The van der Waals surface area contributed by atoms with Gasteiger partial charge in [0, 0.05) is 31.4 Å². The number of nitrogens with zero attached hydrogens (tertiary/aromatic N) is 2. The normalized spacial score (nSPS) is 18.5. The first-order chi connectivity index (χ1) is 12.4. The van der Waals surface area contributed by atoms with Crippen molar-refractivity contribution in [2.24, 2.45) is 5.92 Å². The molecule has 1 amide bonds. The second kappa shape index (κ2) is 7.60. The van der Waals surface area contributed by atoms with Crippen LogP contribution in [0.15, 0.2) is 59.5 Å². The van der Waals surface area contributed by atoms with Crippen LogP contribution < -0.4 is 4.90 Å². The third-order valence-corrected chi connectivity index (χ3v) is 6.69. The number of anilines is 1. The smallest absolute Gasteiger partial charge is 0.258 e. The number of rotatable bonds is 4. The van der Waals surface area contributed by atoms with Crippen LogP contribution in [-0.2, 0) is 10.0 Å². The number of amides is 1. The SMILES string of the molecule is C[C@H]1CCCN(S(=O)(=O)c2ccc(C(=O)N(C)c3ccccc3)cc2)C1. The first-order valence-corrected chi connectivity index (χ1v) is 10.3. The Morgan fingerprint density at radius 1 is 1.08 bits per heavy atom. The molecule has 0 N–H and O–H groups in total. The zero-order chi connectivity index (χ0) is 18.7. The van der Waals surface area contributed by atoms with Gasteiger partial charge in [0.1, 0.15) is 0 Å². The molecular weight excluding hydrogens is 348 g/mol. The minimum absolute atomic E-state index is 0.174. The maximum atomic E-state index is 12.8. The molecule has 1 saturated heterocycles. The first-order valence-electron chi connectivity index (χ1n) is 8.83. The Kier molecular flexibility index (Phi) is 5.44. The fourth-order valence-electron chi connectivity index (χ4n) is 3.25. The molecule has 0 saturated carbocycles. The summed E-state index contributed by atoms with van der Waals surface area (Å²) in [6, 6.07) is 15.6. The Bertz CT molecular complexity index is 864. The number of benzene rings is 2. The highest BCUT2D eigenvalue weighted by atomic mass is 32.2. The molecule has 1 atom stereocenters. The molecule has 1 aliphatic rings. The Morgan fingerprint density at radius 3 is 2.35 bits per heavy atom. The van der Waals surface area contributed by atoms with E-state index in [1.165, 1.54) is 12.1 Å². The summed E-state index contributed by atoms with van der Waals surface area (Å²) < 4.78 is 27.1. The number of sulfonamides is 1. The molecule has 2 aromatic carbocycles. The molecule has 0 spiro atoms. The number of para-hydroxylation sites is 1. The molecule has 138 valence electrons. The van der Waals surface area contributed by atoms with E-state index in [0.29, 0.717) is 24.6 Å². The van der Waals surface area contributed by atoms with Crippen LogP contribution in [0.3, 0.4) is 0 Å². The monoisotopic (exact) mass is 372 g/mol. The minimum Gasteiger partial charge on any atom is -0.311 e. The van der Waals surface area contributed by atoms with E-state index >= 15 is 0 Å². The molecular formula is C20H24N2O3S. The van der Waals surface area contributed by atoms with Gasteiger partial charge in [-0.25, -0.2) is 8.42 Å². The Morgan fingerprint density at radius 2 is 1.73 bits per heavy atom. The van der Waals surface area contributed by atoms with E-state index in [1.807, 2.05) is 30.3 Å². The summed E-state index contributed by atoms with van der Waals surface area (Å²) in [7, 11) is -1.80. The lowest BCUT2D eigenvalue weighted by Crippen LogP contribution is -2.39. The molecule has 6 heteroatoms. The second-order valence-corrected chi connectivity index (χ2v) is 8.77. The van der Waals surface area contributed by atoms with Crippen molar-refractivity contribution in [2.75, 3.05) is 25.0 Å². The lowest BCUT2D eigenvalue weighted by atomic mass is 10.0. The van der Waals surface area contributed by atoms with E-state index in [1.54, 1.807) is 28.4 Å². The van der Waals surface area contributed by atoms with Crippen molar-refractivity contribution in [3.63, 3.8) is 0 Å². The van der Waals surface area contributed by atoms with Gasteiger partial charge < -0.3 is 4.90 Å². The van der Waals surface area contributed by atoms with Gasteiger partial charge in [-0.05, 0) is 55.2 Å². The van der Waals surface area contributed by atoms with Crippen LogP contribution in [0.1, 0.15) is 30.1 Å². The van der Waals surface area contributed by atoms with Crippen molar-refractivity contribution in [1.29, 1.82) is 0 Å². The van der Waals surface area contributed by atoms with Gasteiger partial charge in [0.25, 0.3) is 5.91 Å². The van der Waals surface area contributed by atoms with Gasteiger partial charge in [-0.3, -0.25) is 4.79 Å². The van der Waals surface area contributed by atoms with Crippen molar-refractivity contribution in [1.82, 2.24) is 4.31 Å². The summed E-state index contributed by atoms with van der Waals surface area (Å²) in [5.74, 6) is 0.200. The summed E-state index contributed by atoms with van der Waals surface area (Å²) >= 11 is 0. The molecule has 0 aliphatic carbocycles. The van der Waals surface area contributed by atoms with Crippen molar-refractivity contribution in [2.45, 2.75) is 24.7 Å². The van der Waals surface area contributed by atoms with E-state index in [0.717, 1.165) is 18.5 Å². The standard InChI is InChI=1S/C20H24N2O3S/c1-16-7-6-14-22(15-16)26(24,25)19-12-10-17(11-13-19)20(23)21(2)18-8-4-3-5-9-18/h3-5,8-13,16H,6-7,14-15H2,1-2H3/t16-/m0/s1. The van der Waals surface area contributed by atoms with Crippen molar-refractivity contribution < 1.29 is 13.2 Å². The Labute approximate surface area is 155 Å². The van der Waals surface area contributed by atoms with Crippen LogP contribution >= 0.6 is 0 Å². The van der Waals surface area contributed by atoms with Crippen molar-refractivity contribution in [3.05, 3.63) is 60.2 Å². The third kappa shape index (κ3) is 3.81. The van der Waals surface area contributed by atoms with E-state index in [2.05, 4.69) is 6.92 Å². The number of carbonyl (C=O) groups is 1. The average molecular weight is 372 g/mol. The fraction of sp³-hybridized carbons (Fsp3) is 0.350. The lowest BCUT2D eigenvalue weighted by molar-refractivity contribution is 0.0993. The largest absolute Gasteiger partial charge is 0.311 e. The molecule has 1 fully saturated rings. The second-order valence-electron chi connectivity index (χ2n) is 6.83. The lowest BCUT2D eigenvalue weighted by Gasteiger charge is -2.30. The van der Waals surface area contributed by atoms with E-state index in [9.17, 15) is 13.2 Å². The topological polar surface area (TPSA) is 57.7 Å². The molecule has 2 aromatic rings. The molecule has 5 nitrogen and oxygen atoms in total. The molecule has 0 radical (unpaired) electrons. The quantitative estimate of drug-likeness (QED) is 0.827. The summed E-state index contributed by atoms with van der Waals surface area (Å²) in [6.07, 6.45) is 1.95. The van der Waals surface area contributed by atoms with Gasteiger partial charge in [-0.1, -0.05) is 25.1 Å². The number of carbonyl (C=O) groups excluding carboxylic acids is 1. The molecule has 0 unspecified atom stereocenters. The molecule has 0 aromatic heterocycles. The van der Waals surface area contributed by atoms with Gasteiger partial charge in [-0.15, -0.1) is 0 Å². The highest BCUT2D eigenvalue weighted by Gasteiger charge is 2.28. The Balaban J connectivity index is 1.79. The molecule has 3 rings (SSSR count). The van der Waals surface area contributed by atoms with Crippen LogP contribution in [-0.4, -0.2) is 38.8 Å². The van der Waals surface area contributed by atoms with Crippen LogP contribution in [0.4, 0.5) is 5.69 Å². The maximum Gasteiger partial charge on any atom is 0.258 e. The zero-order valence-electron chi connectivity index (χ0n) is 15.1. The van der Waals surface area contributed by atoms with Gasteiger partial charge in [-0.2, -0.15) is 4.31 Å². The fourth-order valence-corrected chi connectivity index (χ4v) is 4.84. The average Bonchev–Trinajstić information content (AvgIpc) is 2.67. The van der Waals surface area contributed by atoms with Gasteiger partial charge in [0.2, 0.25) is 10.0 Å². The molecule has 1 aliphatic heterocycles. The predicted molar refractivity (Wildman–Crippen MR) is 103 cm³/mol. The van der Waals surface area contributed by atoms with E-state index in [-0.39, 0.29) is 10.8 Å². The Hall–Kier alpha value is -2.18. The third-order valence-electron chi connectivity index (χ3n) is 4.81. The van der Waals surface area contributed by atoms with Gasteiger partial charge in [0.05, 0.1) is 4.90 Å². The predicted octanol–water partition coefficient (Wildman–Crippen LogP) is 3.38. The summed E-state index contributed by atoms with van der Waals surface area (Å²) in [5.41, 5.74) is 1.25. The molecule has 26 heavy (non-hydrogen) atoms. The van der Waals surface area contributed by atoms with Gasteiger partial charge in [0.15, 0.2) is 0 Å². The highest BCUT2D eigenvalue weighted by Crippen LogP contribution is 2.24. The maximum absolute atomic E-state index is 12.8. The van der Waals surface area contributed by atoms with Crippen LogP contribution in [0.25, 0.3) is 0 Å². The number of hydrogen-bond acceptors (Lipinski definition) is 3. The highest BCUT2D eigenvalue weighted by molar-refractivity contribution is 7.89. The zero-order valence-corrected chi connectivity index (χ0v) is 15.9. The molecule has 0 bridgehead atoms. The van der Waals surface area contributed by atoms with Crippen LogP contribution in [0.2, 0.25) is 0 Å². The number of piperidine rings is 1. The van der Waals surface area contributed by atoms with Gasteiger partial charge >= 0.3 is 0 Å². The van der Waals surface area contributed by atoms with Crippen LogP contribution in [0.5, 0.6) is 0 Å². The van der Waals surface area contributed by atoms with Crippen molar-refractivity contribution >= 4 is 21.6 Å². The van der Waals surface area contributed by atoms with E-state index < -0.39 is 10.0 Å². The van der Waals surface area contributed by atoms with Crippen molar-refractivity contribution in [3.8, 4) is 0 Å². The summed E-state index contributed by atoms with van der Waals surface area (Å²) in [5, 5.41) is 0. The van der Waals surface area contributed by atoms with E-state index in [4.69, 9.17) is 0 Å². The first kappa shape index (κ1) is 18.6. The summed E-state index contributed by atoms with van der Waals surface area (Å²) in [6.45, 7) is 3.19. The number of hydrogen-bond donors (Lipinski definition) is 0. The van der Waals surface area contributed by atoms with Crippen LogP contribution in [0, 0.1) is 5.92 Å². The minimum atomic E-state index is -3.50. The summed E-state index contributed by atoms with van der Waals surface area (Å²) in [4.78, 5) is 14.4.